The molecule has 2 heterocycles. The number of likely N-dealkylation sites (tertiary alicyclic amines) is 1. The predicted octanol–water partition coefficient (Wildman–Crippen LogP) is 4.57. The highest BCUT2D eigenvalue weighted by molar-refractivity contribution is 7.89. The van der Waals surface area contributed by atoms with Gasteiger partial charge in [0.1, 0.15) is 12.1 Å². The molecule has 2 atom stereocenters. The van der Waals surface area contributed by atoms with E-state index in [-0.39, 0.29) is 36.2 Å². The van der Waals surface area contributed by atoms with Crippen LogP contribution in [0.4, 0.5) is 0 Å². The van der Waals surface area contributed by atoms with Crippen LogP contribution in [-0.4, -0.2) is 58.2 Å². The van der Waals surface area contributed by atoms with Crippen molar-refractivity contribution in [1.82, 2.24) is 14.2 Å². The van der Waals surface area contributed by atoms with Gasteiger partial charge in [0.05, 0.1) is 4.90 Å². The fourth-order valence-corrected chi connectivity index (χ4v) is 6.51. The number of aliphatic carboxylic acids is 1. The molecular formula is C27H30ClN3O5S. The molecule has 0 bridgehead atoms. The number of aromatic nitrogens is 1. The molecule has 0 aliphatic carbocycles. The van der Waals surface area contributed by atoms with Crippen LogP contribution < -0.4 is 0 Å². The summed E-state index contributed by atoms with van der Waals surface area (Å²) in [6, 6.07) is 11.3. The topological polar surface area (TPSA) is 108 Å². The Labute approximate surface area is 221 Å². The Morgan fingerprint density at radius 1 is 1.14 bits per heavy atom. The number of benzene rings is 2. The van der Waals surface area contributed by atoms with Crippen molar-refractivity contribution in [2.45, 2.75) is 57.1 Å². The number of amides is 1. The number of carboxylic acid groups (broad SMARTS) is 1. The number of fused-ring (bicyclic) bond motifs is 1. The molecular weight excluding hydrogens is 514 g/mol. The van der Waals surface area contributed by atoms with Crippen LogP contribution in [0.25, 0.3) is 10.8 Å². The summed E-state index contributed by atoms with van der Waals surface area (Å²) >= 11 is 6.08. The molecule has 0 radical (unpaired) electrons. The first-order valence-corrected chi connectivity index (χ1v) is 13.8. The van der Waals surface area contributed by atoms with Gasteiger partial charge in [0.25, 0.3) is 0 Å². The molecule has 196 valence electrons. The molecule has 10 heteroatoms. The van der Waals surface area contributed by atoms with Crippen molar-refractivity contribution < 1.29 is 23.1 Å². The average Bonchev–Trinajstić information content (AvgIpc) is 3.20. The van der Waals surface area contributed by atoms with Crippen LogP contribution in [0.1, 0.15) is 39.2 Å². The van der Waals surface area contributed by atoms with Crippen LogP contribution in [0.3, 0.4) is 0 Å². The molecule has 3 aromatic rings. The Morgan fingerprint density at radius 2 is 1.78 bits per heavy atom. The number of hydrogen-bond donors (Lipinski definition) is 1. The minimum atomic E-state index is -4.14. The maximum Gasteiger partial charge on any atom is 0.326 e. The second-order valence-corrected chi connectivity index (χ2v) is 12.8. The molecule has 1 aromatic heterocycles. The van der Waals surface area contributed by atoms with Crippen LogP contribution in [0.5, 0.6) is 0 Å². The summed E-state index contributed by atoms with van der Waals surface area (Å²) in [4.78, 5) is 31.1. The maximum absolute atomic E-state index is 14.0. The highest BCUT2D eigenvalue weighted by atomic mass is 35.5. The van der Waals surface area contributed by atoms with Crippen molar-refractivity contribution in [1.29, 1.82) is 0 Å². The third-order valence-corrected chi connectivity index (χ3v) is 8.58. The van der Waals surface area contributed by atoms with Gasteiger partial charge in [0.15, 0.2) is 0 Å². The second-order valence-electron chi connectivity index (χ2n) is 10.5. The van der Waals surface area contributed by atoms with Gasteiger partial charge >= 0.3 is 5.97 Å². The van der Waals surface area contributed by atoms with Crippen LogP contribution in [0.2, 0.25) is 5.02 Å². The first-order valence-electron chi connectivity index (χ1n) is 12.0. The van der Waals surface area contributed by atoms with Gasteiger partial charge in [-0.15, -0.1) is 0 Å². The van der Waals surface area contributed by atoms with Gasteiger partial charge in [-0.1, -0.05) is 44.5 Å². The molecule has 0 saturated carbocycles. The monoisotopic (exact) mass is 543 g/mol. The summed E-state index contributed by atoms with van der Waals surface area (Å²) < 4.78 is 29.2. The fraction of sp³-hybridized carbons (Fsp3) is 0.370. The molecule has 1 aliphatic rings. The first-order chi connectivity index (χ1) is 17.4. The van der Waals surface area contributed by atoms with Crippen molar-refractivity contribution >= 4 is 44.3 Å². The van der Waals surface area contributed by atoms with E-state index in [0.29, 0.717) is 16.0 Å². The molecule has 1 N–H and O–H groups in total. The Morgan fingerprint density at radius 3 is 2.43 bits per heavy atom. The van der Waals surface area contributed by atoms with Gasteiger partial charge in [0.2, 0.25) is 15.9 Å². The van der Waals surface area contributed by atoms with E-state index < -0.39 is 34.0 Å². The van der Waals surface area contributed by atoms with E-state index >= 15 is 0 Å². The van der Waals surface area contributed by atoms with Gasteiger partial charge in [-0.3, -0.25) is 9.78 Å². The smallest absolute Gasteiger partial charge is 0.326 e. The van der Waals surface area contributed by atoms with Gasteiger partial charge < -0.3 is 10.0 Å². The Balaban J connectivity index is 1.73. The SMILES string of the molecule is CC(C)(C)C[C@@H](C(=O)O)N1CC[C@H](N(Cc2ccncc2)S(=O)(=O)c2ccc3cc(Cl)ccc3c2)C1=O. The number of sulfonamides is 1. The molecule has 37 heavy (non-hydrogen) atoms. The quantitative estimate of drug-likeness (QED) is 0.446. The number of nitrogens with zero attached hydrogens (tertiary/aromatic N) is 3. The maximum atomic E-state index is 14.0. The molecule has 1 amide bonds. The van der Waals surface area contributed by atoms with Crippen LogP contribution in [0.15, 0.2) is 65.8 Å². The van der Waals surface area contributed by atoms with Crippen molar-refractivity contribution in [3.8, 4) is 0 Å². The van der Waals surface area contributed by atoms with Gasteiger partial charge in [-0.05, 0) is 71.0 Å². The summed E-state index contributed by atoms with van der Waals surface area (Å²) in [6.45, 7) is 5.84. The van der Waals surface area contributed by atoms with Crippen molar-refractivity contribution in [2.75, 3.05) is 6.54 Å². The predicted molar refractivity (Wildman–Crippen MR) is 142 cm³/mol. The lowest BCUT2D eigenvalue weighted by Crippen LogP contribution is -2.49. The molecule has 1 fully saturated rings. The van der Waals surface area contributed by atoms with Crippen LogP contribution in [-0.2, 0) is 26.2 Å². The summed E-state index contributed by atoms with van der Waals surface area (Å²) in [6.07, 6.45) is 3.57. The third-order valence-electron chi connectivity index (χ3n) is 6.49. The molecule has 2 aromatic carbocycles. The third kappa shape index (κ3) is 5.95. The number of hydrogen-bond acceptors (Lipinski definition) is 5. The second kappa shape index (κ2) is 10.4. The van der Waals surface area contributed by atoms with E-state index in [9.17, 15) is 23.1 Å². The number of rotatable bonds is 8. The molecule has 1 saturated heterocycles. The van der Waals surface area contributed by atoms with Crippen molar-refractivity contribution in [3.63, 3.8) is 0 Å². The lowest BCUT2D eigenvalue weighted by Gasteiger charge is -2.32. The van der Waals surface area contributed by atoms with Crippen LogP contribution in [0, 0.1) is 5.41 Å². The van der Waals surface area contributed by atoms with E-state index in [0.717, 1.165) is 5.39 Å². The Hall–Kier alpha value is -3.01. The van der Waals surface area contributed by atoms with Crippen LogP contribution >= 0.6 is 11.6 Å². The summed E-state index contributed by atoms with van der Waals surface area (Å²) in [5, 5.41) is 11.9. The minimum Gasteiger partial charge on any atom is -0.480 e. The van der Waals surface area contributed by atoms with Gasteiger partial charge in [0, 0.05) is 30.5 Å². The van der Waals surface area contributed by atoms with Gasteiger partial charge in [-0.25, -0.2) is 13.2 Å². The lowest BCUT2D eigenvalue weighted by molar-refractivity contribution is -0.150. The first kappa shape index (κ1) is 27.0. The van der Waals surface area contributed by atoms with E-state index in [1.165, 1.54) is 15.3 Å². The van der Waals surface area contributed by atoms with Crippen molar-refractivity contribution in [3.05, 3.63) is 71.5 Å². The summed E-state index contributed by atoms with van der Waals surface area (Å²) in [7, 11) is -4.14. The zero-order valence-electron chi connectivity index (χ0n) is 21.0. The molecule has 4 rings (SSSR count). The standard InChI is InChI=1S/C27H30ClN3O5S/c1-27(2,3)16-24(26(33)34)30-13-10-23(25(30)32)31(17-18-8-11-29-12-9-18)37(35,36)22-7-5-19-14-21(28)6-4-20(19)15-22/h4-9,11-12,14-15,23-24H,10,13,16-17H2,1-3H3,(H,33,34)/t23-,24-/m0/s1. The Bertz CT molecular complexity index is 1420. The Kier molecular flexibility index (Phi) is 7.60. The van der Waals surface area contributed by atoms with E-state index in [1.807, 2.05) is 20.8 Å². The zero-order chi connectivity index (χ0) is 27.0. The van der Waals surface area contributed by atoms with Crippen molar-refractivity contribution in [2.24, 2.45) is 5.41 Å². The largest absolute Gasteiger partial charge is 0.480 e. The highest BCUT2D eigenvalue weighted by Crippen LogP contribution is 2.32. The minimum absolute atomic E-state index is 0.0482. The zero-order valence-corrected chi connectivity index (χ0v) is 22.5. The highest BCUT2D eigenvalue weighted by Gasteiger charge is 2.46. The summed E-state index contributed by atoms with van der Waals surface area (Å²) in [5.41, 5.74) is 0.333. The van der Waals surface area contributed by atoms with E-state index in [4.69, 9.17) is 11.6 Å². The molecule has 0 spiro atoms. The number of carboxylic acids is 1. The fourth-order valence-electron chi connectivity index (χ4n) is 4.70. The molecule has 0 unspecified atom stereocenters. The number of halogens is 1. The average molecular weight is 544 g/mol. The summed E-state index contributed by atoms with van der Waals surface area (Å²) in [5.74, 6) is -1.59. The van der Waals surface area contributed by atoms with Gasteiger partial charge in [-0.2, -0.15) is 4.31 Å². The molecule has 1 aliphatic heterocycles. The molecule has 8 nitrogen and oxygen atoms in total. The number of pyridine rings is 1. The van der Waals surface area contributed by atoms with E-state index in [1.54, 1.807) is 54.9 Å². The lowest BCUT2D eigenvalue weighted by atomic mass is 9.87. The van der Waals surface area contributed by atoms with E-state index in [2.05, 4.69) is 4.98 Å². The number of carbonyl (C=O) groups is 2. The normalized spacial score (nSPS) is 17.5. The number of carbonyl (C=O) groups excluding carboxylic acids is 1.